The summed E-state index contributed by atoms with van der Waals surface area (Å²) < 4.78 is 1.36. The molecule has 0 atom stereocenters. The molecule has 0 fully saturated rings. The number of nitrogens with zero attached hydrogens (tertiary/aromatic N) is 2. The van der Waals surface area contributed by atoms with E-state index < -0.39 is 0 Å². The first-order valence-electron chi connectivity index (χ1n) is 6.36. The molecule has 0 amide bonds. The Bertz CT molecular complexity index is 655. The Balaban J connectivity index is 2.17. The van der Waals surface area contributed by atoms with E-state index in [1.54, 1.807) is 6.20 Å². The van der Waals surface area contributed by atoms with E-state index in [9.17, 15) is 4.79 Å². The van der Waals surface area contributed by atoms with Gasteiger partial charge in [-0.25, -0.2) is 4.68 Å². The highest BCUT2D eigenvalue weighted by Crippen LogP contribution is 2.19. The summed E-state index contributed by atoms with van der Waals surface area (Å²) in [6, 6.07) is 7.50. The van der Waals surface area contributed by atoms with Gasteiger partial charge >= 0.3 is 0 Å². The fourth-order valence-electron chi connectivity index (χ4n) is 1.79. The largest absolute Gasteiger partial charge is 0.378 e. The predicted molar refractivity (Wildman–Crippen MR) is 82.6 cm³/mol. The summed E-state index contributed by atoms with van der Waals surface area (Å²) in [6.45, 7) is 3.02. The van der Waals surface area contributed by atoms with Gasteiger partial charge in [0.05, 0.1) is 11.9 Å². The van der Waals surface area contributed by atoms with Gasteiger partial charge in [-0.3, -0.25) is 4.79 Å². The van der Waals surface area contributed by atoms with Crippen LogP contribution in [0.3, 0.4) is 0 Å². The van der Waals surface area contributed by atoms with Gasteiger partial charge in [-0.1, -0.05) is 48.3 Å². The van der Waals surface area contributed by atoms with Gasteiger partial charge in [0.2, 0.25) is 0 Å². The van der Waals surface area contributed by atoms with Crippen molar-refractivity contribution in [2.24, 2.45) is 0 Å². The van der Waals surface area contributed by atoms with Gasteiger partial charge in [-0.15, -0.1) is 0 Å². The van der Waals surface area contributed by atoms with Gasteiger partial charge in [0.1, 0.15) is 5.02 Å². The van der Waals surface area contributed by atoms with E-state index in [-0.39, 0.29) is 10.6 Å². The highest BCUT2D eigenvalue weighted by molar-refractivity contribution is 6.33. The molecule has 1 N–H and O–H groups in total. The van der Waals surface area contributed by atoms with Crippen molar-refractivity contribution < 1.29 is 0 Å². The third-order valence-electron chi connectivity index (χ3n) is 2.85. The summed E-state index contributed by atoms with van der Waals surface area (Å²) in [5.74, 6) is 0. The molecule has 0 spiro atoms. The highest BCUT2D eigenvalue weighted by Gasteiger charge is 2.09. The highest BCUT2D eigenvalue weighted by atomic mass is 35.5. The second-order valence-corrected chi connectivity index (χ2v) is 5.13. The van der Waals surface area contributed by atoms with Crippen LogP contribution in [0.15, 0.2) is 35.3 Å². The topological polar surface area (TPSA) is 46.9 Å². The van der Waals surface area contributed by atoms with Crippen LogP contribution >= 0.6 is 23.2 Å². The van der Waals surface area contributed by atoms with E-state index in [4.69, 9.17) is 23.2 Å². The van der Waals surface area contributed by atoms with E-state index in [2.05, 4.69) is 10.4 Å². The molecule has 2 rings (SSSR count). The van der Waals surface area contributed by atoms with Crippen molar-refractivity contribution in [2.75, 3.05) is 5.32 Å². The molecule has 1 aromatic carbocycles. The molecule has 0 saturated carbocycles. The molecule has 106 valence electrons. The third-order valence-corrected chi connectivity index (χ3v) is 3.58. The Morgan fingerprint density at radius 1 is 1.30 bits per heavy atom. The van der Waals surface area contributed by atoms with Crippen molar-refractivity contribution in [3.63, 3.8) is 0 Å². The third kappa shape index (κ3) is 3.32. The van der Waals surface area contributed by atoms with E-state index >= 15 is 0 Å². The molecule has 0 aliphatic carbocycles. The summed E-state index contributed by atoms with van der Waals surface area (Å²) in [5, 5.41) is 8.00. The Morgan fingerprint density at radius 2 is 2.05 bits per heavy atom. The van der Waals surface area contributed by atoms with Crippen molar-refractivity contribution in [3.05, 3.63) is 56.4 Å². The van der Waals surface area contributed by atoms with Crippen molar-refractivity contribution in [3.8, 4) is 0 Å². The molecular formula is C14H15Cl2N3O. The summed E-state index contributed by atoms with van der Waals surface area (Å²) in [4.78, 5) is 12.0. The van der Waals surface area contributed by atoms with Crippen LogP contribution in [0.1, 0.15) is 18.9 Å². The molecule has 20 heavy (non-hydrogen) atoms. The molecule has 6 heteroatoms. The van der Waals surface area contributed by atoms with E-state index in [0.717, 1.165) is 12.0 Å². The van der Waals surface area contributed by atoms with Crippen molar-refractivity contribution in [2.45, 2.75) is 26.4 Å². The first-order valence-corrected chi connectivity index (χ1v) is 7.12. The summed E-state index contributed by atoms with van der Waals surface area (Å²) >= 11 is 12.1. The van der Waals surface area contributed by atoms with E-state index in [1.807, 2.05) is 31.2 Å². The van der Waals surface area contributed by atoms with Gasteiger partial charge in [-0.05, 0) is 18.1 Å². The van der Waals surface area contributed by atoms with Crippen LogP contribution in [0.2, 0.25) is 10.0 Å². The van der Waals surface area contributed by atoms with Crippen LogP contribution in [0.5, 0.6) is 0 Å². The zero-order chi connectivity index (χ0) is 14.5. The number of benzene rings is 1. The first-order chi connectivity index (χ1) is 9.63. The monoisotopic (exact) mass is 311 g/mol. The molecule has 2 aromatic rings. The molecule has 1 aromatic heterocycles. The lowest BCUT2D eigenvalue weighted by Crippen LogP contribution is -2.24. The van der Waals surface area contributed by atoms with Crippen molar-refractivity contribution in [1.82, 2.24) is 9.78 Å². The van der Waals surface area contributed by atoms with Crippen LogP contribution in [-0.4, -0.2) is 9.78 Å². The number of hydrogen-bond donors (Lipinski definition) is 1. The van der Waals surface area contributed by atoms with Crippen LogP contribution in [0.4, 0.5) is 5.69 Å². The number of nitrogens with one attached hydrogen (secondary N) is 1. The molecule has 0 aliphatic heterocycles. The molecule has 4 nitrogen and oxygen atoms in total. The molecule has 0 aliphatic rings. The Hall–Kier alpha value is -1.52. The van der Waals surface area contributed by atoms with E-state index in [0.29, 0.717) is 23.8 Å². The Morgan fingerprint density at radius 3 is 2.75 bits per heavy atom. The SMILES string of the molecule is CCCn1ncc(NCc2ccccc2Cl)c(Cl)c1=O. The molecular weight excluding hydrogens is 297 g/mol. The van der Waals surface area contributed by atoms with Gasteiger partial charge in [0.25, 0.3) is 5.56 Å². The minimum absolute atomic E-state index is 0.153. The average molecular weight is 312 g/mol. The fourth-order valence-corrected chi connectivity index (χ4v) is 2.21. The second kappa shape index (κ2) is 6.77. The summed E-state index contributed by atoms with van der Waals surface area (Å²) in [5.41, 5.74) is 1.17. The maximum Gasteiger partial charge on any atom is 0.287 e. The maximum absolute atomic E-state index is 12.0. The lowest BCUT2D eigenvalue weighted by molar-refractivity contribution is 0.568. The number of hydrogen-bond acceptors (Lipinski definition) is 3. The van der Waals surface area contributed by atoms with Crippen LogP contribution in [0.25, 0.3) is 0 Å². The first kappa shape index (κ1) is 14.9. The zero-order valence-electron chi connectivity index (χ0n) is 11.1. The molecule has 0 unspecified atom stereocenters. The van der Waals surface area contributed by atoms with Gasteiger partial charge in [-0.2, -0.15) is 5.10 Å². The Kier molecular flexibility index (Phi) is 5.04. The normalized spacial score (nSPS) is 10.6. The van der Waals surface area contributed by atoms with Gasteiger partial charge in [0, 0.05) is 18.1 Å². The predicted octanol–water partition coefficient (Wildman–Crippen LogP) is 3.57. The number of halogens is 2. The number of rotatable bonds is 5. The summed E-state index contributed by atoms with van der Waals surface area (Å²) in [7, 11) is 0. The quantitative estimate of drug-likeness (QED) is 0.918. The number of anilines is 1. The van der Waals surface area contributed by atoms with Crippen LogP contribution in [0, 0.1) is 0 Å². The molecule has 0 radical (unpaired) electrons. The standard InChI is InChI=1S/C14H15Cl2N3O/c1-2-7-19-14(20)13(16)12(9-18-19)17-8-10-5-3-4-6-11(10)15/h3-6,9,17H,2,7-8H2,1H3. The number of aryl methyl sites for hydroxylation is 1. The maximum atomic E-state index is 12.0. The smallest absolute Gasteiger partial charge is 0.287 e. The average Bonchev–Trinajstić information content (AvgIpc) is 2.45. The van der Waals surface area contributed by atoms with Gasteiger partial charge < -0.3 is 5.32 Å². The van der Waals surface area contributed by atoms with Crippen molar-refractivity contribution >= 4 is 28.9 Å². The lowest BCUT2D eigenvalue weighted by atomic mass is 10.2. The minimum atomic E-state index is -0.280. The van der Waals surface area contributed by atoms with Crippen LogP contribution in [-0.2, 0) is 13.1 Å². The van der Waals surface area contributed by atoms with E-state index in [1.165, 1.54) is 4.68 Å². The second-order valence-electron chi connectivity index (χ2n) is 4.35. The van der Waals surface area contributed by atoms with Gasteiger partial charge in [0.15, 0.2) is 0 Å². The Labute approximate surface area is 127 Å². The summed E-state index contributed by atoms with van der Waals surface area (Å²) in [6.07, 6.45) is 2.39. The fraction of sp³-hybridized carbons (Fsp3) is 0.286. The molecule has 0 bridgehead atoms. The minimum Gasteiger partial charge on any atom is -0.378 e. The molecule has 1 heterocycles. The zero-order valence-corrected chi connectivity index (χ0v) is 12.6. The number of aromatic nitrogens is 2. The lowest BCUT2D eigenvalue weighted by Gasteiger charge is -2.10. The van der Waals surface area contributed by atoms with Crippen molar-refractivity contribution in [1.29, 1.82) is 0 Å². The van der Waals surface area contributed by atoms with Crippen LogP contribution < -0.4 is 10.9 Å². The molecule has 0 saturated heterocycles.